The van der Waals surface area contributed by atoms with Crippen LogP contribution in [0.2, 0.25) is 10.0 Å². The number of hydrogen-bond donors (Lipinski definition) is 2. The van der Waals surface area contributed by atoms with Gasteiger partial charge in [-0.25, -0.2) is 9.98 Å². The van der Waals surface area contributed by atoms with Crippen LogP contribution in [0.5, 0.6) is 0 Å². The van der Waals surface area contributed by atoms with E-state index in [1.807, 2.05) is 47.9 Å². The SMILES string of the molecule is CC(=O)O.Cc1cnc2n1-c1ccc(Cl)cc1C(c1ccccc1Cl)=NC2O. The Kier molecular flexibility index (Phi) is 5.84. The average Bonchev–Trinajstić information content (AvgIpc) is 2.96. The monoisotopic (exact) mass is 417 g/mol. The van der Waals surface area contributed by atoms with Crippen LogP contribution in [0.1, 0.15) is 35.8 Å². The molecular weight excluding hydrogens is 401 g/mol. The van der Waals surface area contributed by atoms with Gasteiger partial charge in [-0.2, -0.15) is 0 Å². The number of aliphatic carboxylic acids is 1. The molecular formula is C20H17Cl2N3O3. The quantitative estimate of drug-likeness (QED) is 0.613. The Morgan fingerprint density at radius 1 is 1.14 bits per heavy atom. The Bertz CT molecular complexity index is 1070. The van der Waals surface area contributed by atoms with E-state index in [2.05, 4.69) is 9.98 Å². The number of imidazole rings is 1. The maximum Gasteiger partial charge on any atom is 0.300 e. The number of fused-ring (bicyclic) bond motifs is 3. The third-order valence-electron chi connectivity index (χ3n) is 4.03. The molecule has 2 aromatic carbocycles. The second-order valence-electron chi connectivity index (χ2n) is 6.10. The normalized spacial score (nSPS) is 14.8. The summed E-state index contributed by atoms with van der Waals surface area (Å²) < 4.78 is 1.89. The molecule has 1 atom stereocenters. The molecule has 1 unspecified atom stereocenters. The van der Waals surface area contributed by atoms with E-state index in [-0.39, 0.29) is 0 Å². The van der Waals surface area contributed by atoms with Gasteiger partial charge in [-0.3, -0.25) is 9.36 Å². The molecule has 0 bridgehead atoms. The largest absolute Gasteiger partial charge is 0.481 e. The van der Waals surface area contributed by atoms with Crippen molar-refractivity contribution in [2.24, 2.45) is 4.99 Å². The highest BCUT2D eigenvalue weighted by Gasteiger charge is 2.26. The van der Waals surface area contributed by atoms with Crippen LogP contribution in [0.3, 0.4) is 0 Å². The maximum atomic E-state index is 10.6. The summed E-state index contributed by atoms with van der Waals surface area (Å²) in [6.45, 7) is 3.02. The van der Waals surface area contributed by atoms with Crippen molar-refractivity contribution in [1.82, 2.24) is 9.55 Å². The first-order valence-electron chi connectivity index (χ1n) is 8.34. The molecule has 0 aliphatic carbocycles. The summed E-state index contributed by atoms with van der Waals surface area (Å²) in [4.78, 5) is 17.8. The fraction of sp³-hybridized carbons (Fsp3) is 0.150. The molecule has 0 fully saturated rings. The summed E-state index contributed by atoms with van der Waals surface area (Å²) in [7, 11) is 0. The molecule has 144 valence electrons. The van der Waals surface area contributed by atoms with Crippen LogP contribution in [0.4, 0.5) is 0 Å². The number of aliphatic hydroxyl groups is 1. The lowest BCUT2D eigenvalue weighted by atomic mass is 10.0. The summed E-state index contributed by atoms with van der Waals surface area (Å²) in [6, 6.07) is 13.0. The van der Waals surface area contributed by atoms with Crippen molar-refractivity contribution >= 4 is 34.9 Å². The number of benzene rings is 2. The van der Waals surface area contributed by atoms with Crippen molar-refractivity contribution in [2.45, 2.75) is 20.1 Å². The first-order valence-corrected chi connectivity index (χ1v) is 9.10. The summed E-state index contributed by atoms with van der Waals surface area (Å²) in [5, 5.41) is 19.1. The maximum absolute atomic E-state index is 10.6. The van der Waals surface area contributed by atoms with E-state index in [0.29, 0.717) is 21.6 Å². The Morgan fingerprint density at radius 3 is 2.50 bits per heavy atom. The molecule has 4 rings (SSSR count). The van der Waals surface area contributed by atoms with Crippen LogP contribution in [0, 0.1) is 6.92 Å². The number of nitrogens with zero attached hydrogens (tertiary/aromatic N) is 3. The Labute approximate surface area is 171 Å². The van der Waals surface area contributed by atoms with E-state index in [1.54, 1.807) is 12.3 Å². The van der Waals surface area contributed by atoms with Crippen molar-refractivity contribution in [3.8, 4) is 5.69 Å². The number of carboxylic acid groups (broad SMARTS) is 1. The van der Waals surface area contributed by atoms with Gasteiger partial charge in [0.05, 0.1) is 11.4 Å². The van der Waals surface area contributed by atoms with Crippen LogP contribution in [-0.2, 0) is 4.79 Å². The first kappa shape index (κ1) is 20.1. The van der Waals surface area contributed by atoms with Crippen LogP contribution < -0.4 is 0 Å². The van der Waals surface area contributed by atoms with Gasteiger partial charge in [-0.1, -0.05) is 41.4 Å². The second-order valence-corrected chi connectivity index (χ2v) is 6.95. The average molecular weight is 418 g/mol. The summed E-state index contributed by atoms with van der Waals surface area (Å²) in [5.74, 6) is -0.363. The molecule has 1 aliphatic heterocycles. The minimum atomic E-state index is -1.09. The Balaban J connectivity index is 0.000000516. The standard InChI is InChI=1S/C18H13Cl2N3O.C2H4O2/c1-10-9-21-17-18(24)22-16(12-4-2-3-5-14(12)20)13-8-11(19)6-7-15(13)23(10)17;1-2(3)4/h2-9,18,24H,1H3;1H3,(H,3,4). The minimum absolute atomic E-state index is 0.470. The van der Waals surface area contributed by atoms with Gasteiger partial charge in [0.2, 0.25) is 6.23 Å². The predicted octanol–water partition coefficient (Wildman–Crippen LogP) is 4.42. The van der Waals surface area contributed by atoms with Gasteiger partial charge in [0, 0.05) is 40.0 Å². The molecule has 3 aromatic rings. The van der Waals surface area contributed by atoms with Crippen molar-refractivity contribution < 1.29 is 15.0 Å². The zero-order valence-corrected chi connectivity index (χ0v) is 16.6. The van der Waals surface area contributed by atoms with E-state index in [4.69, 9.17) is 33.1 Å². The zero-order valence-electron chi connectivity index (χ0n) is 15.1. The highest BCUT2D eigenvalue weighted by Crippen LogP contribution is 2.33. The van der Waals surface area contributed by atoms with E-state index in [1.165, 1.54) is 0 Å². The van der Waals surface area contributed by atoms with Crippen LogP contribution >= 0.6 is 23.2 Å². The molecule has 2 heterocycles. The zero-order chi connectivity index (χ0) is 20.4. The fourth-order valence-corrected chi connectivity index (χ4v) is 3.36. The molecule has 2 N–H and O–H groups in total. The van der Waals surface area contributed by atoms with E-state index >= 15 is 0 Å². The topological polar surface area (TPSA) is 87.7 Å². The third-order valence-corrected chi connectivity index (χ3v) is 4.60. The lowest BCUT2D eigenvalue weighted by Gasteiger charge is -2.14. The van der Waals surface area contributed by atoms with Gasteiger partial charge in [0.25, 0.3) is 5.97 Å². The van der Waals surface area contributed by atoms with Crippen LogP contribution in [-0.4, -0.2) is 31.4 Å². The second kappa shape index (κ2) is 8.14. The lowest BCUT2D eigenvalue weighted by molar-refractivity contribution is -0.134. The highest BCUT2D eigenvalue weighted by molar-refractivity contribution is 6.36. The molecule has 6 nitrogen and oxygen atoms in total. The van der Waals surface area contributed by atoms with Crippen LogP contribution in [0.15, 0.2) is 53.7 Å². The van der Waals surface area contributed by atoms with Crippen LogP contribution in [0.25, 0.3) is 5.69 Å². The van der Waals surface area contributed by atoms with Crippen molar-refractivity contribution in [3.05, 3.63) is 81.4 Å². The molecule has 0 radical (unpaired) electrons. The van der Waals surface area contributed by atoms with Gasteiger partial charge in [-0.05, 0) is 31.2 Å². The number of rotatable bonds is 1. The highest BCUT2D eigenvalue weighted by atomic mass is 35.5. The lowest BCUT2D eigenvalue weighted by Crippen LogP contribution is -2.08. The number of halogens is 2. The van der Waals surface area contributed by atoms with Crippen molar-refractivity contribution in [3.63, 3.8) is 0 Å². The van der Waals surface area contributed by atoms with Crippen molar-refractivity contribution in [2.75, 3.05) is 0 Å². The predicted molar refractivity (Wildman–Crippen MR) is 109 cm³/mol. The smallest absolute Gasteiger partial charge is 0.300 e. The number of carbonyl (C=O) groups is 1. The molecule has 8 heteroatoms. The molecule has 28 heavy (non-hydrogen) atoms. The Morgan fingerprint density at radius 2 is 1.82 bits per heavy atom. The van der Waals surface area contributed by atoms with Gasteiger partial charge in [0.1, 0.15) is 0 Å². The van der Waals surface area contributed by atoms with E-state index < -0.39 is 12.2 Å². The number of aryl methyl sites for hydroxylation is 1. The fourth-order valence-electron chi connectivity index (χ4n) is 2.96. The third kappa shape index (κ3) is 3.94. The van der Waals surface area contributed by atoms with Gasteiger partial charge in [0.15, 0.2) is 5.82 Å². The Hall–Kier alpha value is -2.67. The minimum Gasteiger partial charge on any atom is -0.481 e. The summed E-state index contributed by atoms with van der Waals surface area (Å²) in [5.41, 5.74) is 3.90. The van der Waals surface area contributed by atoms with Gasteiger partial charge in [-0.15, -0.1) is 0 Å². The molecule has 0 amide bonds. The van der Waals surface area contributed by atoms with Crippen molar-refractivity contribution in [1.29, 1.82) is 0 Å². The van der Waals surface area contributed by atoms with E-state index in [0.717, 1.165) is 29.4 Å². The van der Waals surface area contributed by atoms with Gasteiger partial charge >= 0.3 is 0 Å². The number of carboxylic acids is 1. The number of aromatic nitrogens is 2. The number of aliphatic hydroxyl groups excluding tert-OH is 1. The molecule has 1 aromatic heterocycles. The molecule has 0 saturated carbocycles. The van der Waals surface area contributed by atoms with Gasteiger partial charge < -0.3 is 10.2 Å². The number of hydrogen-bond acceptors (Lipinski definition) is 4. The molecule has 0 saturated heterocycles. The van der Waals surface area contributed by atoms with E-state index in [9.17, 15) is 5.11 Å². The first-order chi connectivity index (χ1) is 13.3. The summed E-state index contributed by atoms with van der Waals surface area (Å²) >= 11 is 12.6. The molecule has 1 aliphatic rings. The summed E-state index contributed by atoms with van der Waals surface area (Å²) in [6.07, 6.45) is 0.628. The molecule has 0 spiro atoms. The number of aliphatic imine (C=N–C) groups is 1.